The summed E-state index contributed by atoms with van der Waals surface area (Å²) >= 11 is 0. The van der Waals surface area contributed by atoms with E-state index in [4.69, 9.17) is 5.73 Å². The minimum absolute atomic E-state index is 0.122. The lowest BCUT2D eigenvalue weighted by molar-refractivity contribution is 0.484. The molecule has 1 aliphatic heterocycles. The first-order chi connectivity index (χ1) is 10.1. The third kappa shape index (κ3) is 2.77. The summed E-state index contributed by atoms with van der Waals surface area (Å²) in [6.45, 7) is 4.27. The van der Waals surface area contributed by atoms with Crippen molar-refractivity contribution >= 4 is 5.96 Å². The number of nitrogens with one attached hydrogen (secondary N) is 1. The van der Waals surface area contributed by atoms with Crippen LogP contribution in [0, 0.1) is 13.8 Å². The summed E-state index contributed by atoms with van der Waals surface area (Å²) in [5.74, 6) is 0.530. The van der Waals surface area contributed by atoms with Crippen LogP contribution in [0.5, 0.6) is 0 Å². The summed E-state index contributed by atoms with van der Waals surface area (Å²) in [7, 11) is 0. The highest BCUT2D eigenvalue weighted by Gasteiger charge is 2.25. The van der Waals surface area contributed by atoms with E-state index in [1.165, 1.54) is 22.3 Å². The molecule has 1 aliphatic rings. The molecule has 0 saturated heterocycles. The SMILES string of the molecule is Cc1ccccc1C1CC(c2ccccc2C)NC(N)=N1. The fraction of sp³-hybridized carbons (Fsp3) is 0.278. The van der Waals surface area contributed by atoms with Crippen molar-refractivity contribution in [3.05, 3.63) is 70.8 Å². The number of aliphatic imine (C=N–C) groups is 1. The molecule has 0 spiro atoms. The second kappa shape index (κ2) is 5.60. The van der Waals surface area contributed by atoms with Crippen molar-refractivity contribution in [1.82, 2.24) is 5.32 Å². The molecule has 3 nitrogen and oxygen atoms in total. The molecule has 0 saturated carbocycles. The fourth-order valence-corrected chi connectivity index (χ4v) is 3.06. The maximum absolute atomic E-state index is 6.03. The van der Waals surface area contributed by atoms with Crippen molar-refractivity contribution in [2.75, 3.05) is 0 Å². The average Bonchev–Trinajstić information content (AvgIpc) is 2.47. The number of aryl methyl sites for hydroxylation is 2. The van der Waals surface area contributed by atoms with E-state index in [1.807, 2.05) is 0 Å². The summed E-state index contributed by atoms with van der Waals surface area (Å²) in [5, 5.41) is 3.32. The molecule has 2 aromatic rings. The van der Waals surface area contributed by atoms with Gasteiger partial charge in [-0.05, 0) is 42.5 Å². The molecule has 2 unspecified atom stereocenters. The first-order valence-corrected chi connectivity index (χ1v) is 7.36. The number of hydrogen-bond acceptors (Lipinski definition) is 3. The van der Waals surface area contributed by atoms with Crippen LogP contribution < -0.4 is 11.1 Å². The molecule has 0 aromatic heterocycles. The van der Waals surface area contributed by atoms with Gasteiger partial charge >= 0.3 is 0 Å². The van der Waals surface area contributed by atoms with Crippen LogP contribution in [0.4, 0.5) is 0 Å². The molecule has 0 fully saturated rings. The first-order valence-electron chi connectivity index (χ1n) is 7.36. The van der Waals surface area contributed by atoms with E-state index in [0.29, 0.717) is 5.96 Å². The molecule has 2 atom stereocenters. The number of hydrogen-bond donors (Lipinski definition) is 2. The van der Waals surface area contributed by atoms with E-state index in [9.17, 15) is 0 Å². The van der Waals surface area contributed by atoms with Crippen LogP contribution in [0.3, 0.4) is 0 Å². The summed E-state index contributed by atoms with van der Waals surface area (Å²) in [6.07, 6.45) is 0.927. The number of rotatable bonds is 2. The predicted octanol–water partition coefficient (Wildman–Crippen LogP) is 3.39. The van der Waals surface area contributed by atoms with Gasteiger partial charge in [0.2, 0.25) is 0 Å². The van der Waals surface area contributed by atoms with Crippen LogP contribution in [-0.2, 0) is 0 Å². The second-order valence-electron chi connectivity index (χ2n) is 5.68. The molecule has 3 heteroatoms. The van der Waals surface area contributed by atoms with Crippen molar-refractivity contribution in [2.24, 2.45) is 10.7 Å². The van der Waals surface area contributed by atoms with Crippen molar-refractivity contribution in [3.63, 3.8) is 0 Å². The second-order valence-corrected chi connectivity index (χ2v) is 5.68. The zero-order valence-electron chi connectivity index (χ0n) is 12.5. The Morgan fingerprint density at radius 3 is 2.14 bits per heavy atom. The molecular weight excluding hydrogens is 258 g/mol. The predicted molar refractivity (Wildman–Crippen MR) is 87.2 cm³/mol. The smallest absolute Gasteiger partial charge is 0.189 e. The molecule has 108 valence electrons. The Morgan fingerprint density at radius 1 is 0.952 bits per heavy atom. The van der Waals surface area contributed by atoms with E-state index in [1.54, 1.807) is 0 Å². The van der Waals surface area contributed by atoms with Gasteiger partial charge in [0.1, 0.15) is 0 Å². The van der Waals surface area contributed by atoms with Crippen LogP contribution >= 0.6 is 0 Å². The zero-order valence-corrected chi connectivity index (χ0v) is 12.5. The number of benzene rings is 2. The van der Waals surface area contributed by atoms with Gasteiger partial charge in [-0.25, -0.2) is 4.99 Å². The Bertz CT molecular complexity index is 676. The van der Waals surface area contributed by atoms with Gasteiger partial charge in [-0.2, -0.15) is 0 Å². The van der Waals surface area contributed by atoms with Gasteiger partial charge < -0.3 is 11.1 Å². The molecule has 3 rings (SSSR count). The highest BCUT2D eigenvalue weighted by Crippen LogP contribution is 2.34. The molecule has 2 aromatic carbocycles. The van der Waals surface area contributed by atoms with Gasteiger partial charge in [0.25, 0.3) is 0 Å². The number of guanidine groups is 1. The third-order valence-electron chi connectivity index (χ3n) is 4.19. The van der Waals surface area contributed by atoms with Crippen LogP contribution in [0.2, 0.25) is 0 Å². The lowest BCUT2D eigenvalue weighted by Gasteiger charge is -2.30. The normalized spacial score (nSPS) is 21.5. The van der Waals surface area contributed by atoms with Gasteiger partial charge in [-0.3, -0.25) is 0 Å². The van der Waals surface area contributed by atoms with Gasteiger partial charge in [0, 0.05) is 0 Å². The van der Waals surface area contributed by atoms with Gasteiger partial charge in [-0.1, -0.05) is 48.5 Å². The largest absolute Gasteiger partial charge is 0.370 e. The molecule has 1 heterocycles. The summed E-state index contributed by atoms with van der Waals surface area (Å²) in [4.78, 5) is 4.60. The summed E-state index contributed by atoms with van der Waals surface area (Å²) in [6, 6.07) is 17.2. The Balaban J connectivity index is 1.94. The van der Waals surface area contributed by atoms with Crippen LogP contribution in [0.1, 0.15) is 40.8 Å². The molecule has 0 amide bonds. The molecule has 0 radical (unpaired) electrons. The van der Waals surface area contributed by atoms with Gasteiger partial charge in [0.05, 0.1) is 12.1 Å². The zero-order chi connectivity index (χ0) is 14.8. The topological polar surface area (TPSA) is 50.4 Å². The maximum atomic E-state index is 6.03. The van der Waals surface area contributed by atoms with Crippen molar-refractivity contribution in [3.8, 4) is 0 Å². The van der Waals surface area contributed by atoms with Crippen LogP contribution in [-0.4, -0.2) is 5.96 Å². The highest BCUT2D eigenvalue weighted by molar-refractivity contribution is 5.79. The Labute approximate surface area is 125 Å². The number of nitrogens with zero attached hydrogens (tertiary/aromatic N) is 1. The van der Waals surface area contributed by atoms with E-state index in [2.05, 4.69) is 72.7 Å². The third-order valence-corrected chi connectivity index (χ3v) is 4.19. The van der Waals surface area contributed by atoms with Crippen molar-refractivity contribution < 1.29 is 0 Å². The standard InChI is InChI=1S/C18H21N3/c1-12-7-3-5-9-14(12)16-11-17(21-18(19)20-16)15-10-6-4-8-13(15)2/h3-10,16-17H,11H2,1-2H3,(H3,19,20,21). The van der Waals surface area contributed by atoms with Gasteiger partial charge in [0.15, 0.2) is 5.96 Å². The van der Waals surface area contributed by atoms with Gasteiger partial charge in [-0.15, -0.1) is 0 Å². The highest BCUT2D eigenvalue weighted by atomic mass is 15.1. The fourth-order valence-electron chi connectivity index (χ4n) is 3.06. The van der Waals surface area contributed by atoms with Crippen LogP contribution in [0.15, 0.2) is 53.5 Å². The Morgan fingerprint density at radius 2 is 1.52 bits per heavy atom. The molecule has 21 heavy (non-hydrogen) atoms. The maximum Gasteiger partial charge on any atom is 0.189 e. The van der Waals surface area contributed by atoms with Crippen molar-refractivity contribution in [1.29, 1.82) is 0 Å². The van der Waals surface area contributed by atoms with E-state index in [0.717, 1.165) is 6.42 Å². The minimum atomic E-state index is 0.122. The average molecular weight is 279 g/mol. The molecule has 3 N–H and O–H groups in total. The summed E-state index contributed by atoms with van der Waals surface area (Å²) < 4.78 is 0. The quantitative estimate of drug-likeness (QED) is 0.885. The first kappa shape index (κ1) is 13.7. The van der Waals surface area contributed by atoms with E-state index < -0.39 is 0 Å². The van der Waals surface area contributed by atoms with E-state index >= 15 is 0 Å². The van der Waals surface area contributed by atoms with Crippen molar-refractivity contribution in [2.45, 2.75) is 32.4 Å². The Kier molecular flexibility index (Phi) is 3.65. The lowest BCUT2D eigenvalue weighted by Crippen LogP contribution is -2.39. The number of nitrogens with two attached hydrogens (primary N) is 1. The van der Waals surface area contributed by atoms with E-state index in [-0.39, 0.29) is 12.1 Å². The molecule has 0 aliphatic carbocycles. The monoisotopic (exact) mass is 279 g/mol. The summed E-state index contributed by atoms with van der Waals surface area (Å²) in [5.41, 5.74) is 11.1. The van der Waals surface area contributed by atoms with Crippen LogP contribution in [0.25, 0.3) is 0 Å². The minimum Gasteiger partial charge on any atom is -0.370 e. The Hall–Kier alpha value is -2.29. The molecular formula is C18H21N3. The molecule has 0 bridgehead atoms. The lowest BCUT2D eigenvalue weighted by atomic mass is 9.90.